The molecule has 0 spiro atoms. The zero-order valence-corrected chi connectivity index (χ0v) is 20.5. The molecule has 3 atom stereocenters. The Hall–Kier alpha value is -2.51. The van der Waals surface area contributed by atoms with Gasteiger partial charge in [0.15, 0.2) is 9.84 Å². The molecule has 1 saturated heterocycles. The van der Waals surface area contributed by atoms with Gasteiger partial charge in [-0.05, 0) is 42.6 Å². The third-order valence-corrected chi connectivity index (χ3v) is 9.12. The molecule has 2 aliphatic heterocycles. The van der Waals surface area contributed by atoms with Crippen molar-refractivity contribution in [1.29, 1.82) is 0 Å². The second-order valence-corrected chi connectivity index (χ2v) is 11.7. The third kappa shape index (κ3) is 4.94. The highest BCUT2D eigenvalue weighted by Gasteiger charge is 2.47. The molecule has 1 fully saturated rings. The maximum absolute atomic E-state index is 13.6. The van der Waals surface area contributed by atoms with Gasteiger partial charge >= 0.3 is 6.18 Å². The second-order valence-electron chi connectivity index (χ2n) is 8.88. The Balaban J connectivity index is 1.45. The smallest absolute Gasteiger partial charge is 0.391 e. The van der Waals surface area contributed by atoms with Gasteiger partial charge in [0.25, 0.3) is 0 Å². The van der Waals surface area contributed by atoms with Crippen LogP contribution in [0.2, 0.25) is 0 Å². The van der Waals surface area contributed by atoms with Crippen molar-refractivity contribution in [3.05, 3.63) is 53.1 Å². The van der Waals surface area contributed by atoms with Gasteiger partial charge < -0.3 is 4.74 Å². The zero-order valence-electron chi connectivity index (χ0n) is 18.8. The molecule has 0 unspecified atom stereocenters. The maximum atomic E-state index is 13.6. The molecule has 0 N–H and O–H groups in total. The van der Waals surface area contributed by atoms with Gasteiger partial charge in [0.05, 0.1) is 29.2 Å². The van der Waals surface area contributed by atoms with Gasteiger partial charge in [0.1, 0.15) is 22.8 Å². The fourth-order valence-electron chi connectivity index (χ4n) is 4.95. The highest BCUT2D eigenvalue weighted by Crippen LogP contribution is 2.48. The van der Waals surface area contributed by atoms with Crippen molar-refractivity contribution in [2.75, 3.05) is 13.2 Å². The summed E-state index contributed by atoms with van der Waals surface area (Å²) >= 11 is 1.03. The van der Waals surface area contributed by atoms with Gasteiger partial charge in [0, 0.05) is 37.8 Å². The van der Waals surface area contributed by atoms with Crippen LogP contribution in [-0.4, -0.2) is 51.8 Å². The van der Waals surface area contributed by atoms with Crippen LogP contribution in [0.5, 0.6) is 5.75 Å². The minimum Gasteiger partial charge on any atom is -0.493 e. The maximum Gasteiger partial charge on any atom is 0.391 e. The van der Waals surface area contributed by atoms with Crippen LogP contribution < -0.4 is 4.74 Å². The van der Waals surface area contributed by atoms with Gasteiger partial charge in [-0.25, -0.2) is 13.4 Å². The number of hydrogen-bond donors (Lipinski definition) is 0. The molecular formula is C22H24F3N5O3S2. The van der Waals surface area contributed by atoms with Gasteiger partial charge in [-0.1, -0.05) is 6.07 Å². The SMILES string of the molecule is Cn1ccc([C@@H]2C[C@H](C(F)(F)F)CCN2[C@H]2CCOc3cc(S(=O)(=O)Cc4ncns4)ccc32)n1. The van der Waals surface area contributed by atoms with Crippen molar-refractivity contribution in [1.82, 2.24) is 24.0 Å². The number of benzene rings is 1. The van der Waals surface area contributed by atoms with Crippen molar-refractivity contribution in [3.8, 4) is 5.75 Å². The van der Waals surface area contributed by atoms with E-state index >= 15 is 0 Å². The first-order valence-corrected chi connectivity index (χ1v) is 13.6. The van der Waals surface area contributed by atoms with E-state index < -0.39 is 28.0 Å². The first-order chi connectivity index (χ1) is 16.6. The lowest BCUT2D eigenvalue weighted by Crippen LogP contribution is -2.44. The lowest BCUT2D eigenvalue weighted by atomic mass is 9.85. The number of sulfone groups is 1. The van der Waals surface area contributed by atoms with E-state index in [2.05, 4.69) is 19.4 Å². The van der Waals surface area contributed by atoms with E-state index in [1.807, 2.05) is 0 Å². The molecule has 3 aromatic rings. The molecule has 0 radical (unpaired) electrons. The Morgan fingerprint density at radius 2 is 2.03 bits per heavy atom. The number of hydrogen-bond acceptors (Lipinski definition) is 8. The molecule has 1 aromatic carbocycles. The number of rotatable bonds is 5. The van der Waals surface area contributed by atoms with E-state index in [9.17, 15) is 21.6 Å². The number of fused-ring (bicyclic) bond motifs is 1. The second kappa shape index (κ2) is 9.17. The molecule has 8 nitrogen and oxygen atoms in total. The summed E-state index contributed by atoms with van der Waals surface area (Å²) in [5, 5.41) is 4.82. The summed E-state index contributed by atoms with van der Waals surface area (Å²) in [4.78, 5) is 6.14. The third-order valence-electron chi connectivity index (χ3n) is 6.66. The van der Waals surface area contributed by atoms with Gasteiger partial charge in [-0.2, -0.15) is 22.6 Å². The Bertz CT molecular complexity index is 1290. The molecule has 13 heteroatoms. The van der Waals surface area contributed by atoms with Crippen molar-refractivity contribution in [3.63, 3.8) is 0 Å². The molecule has 188 valence electrons. The van der Waals surface area contributed by atoms with Gasteiger partial charge in [0.2, 0.25) is 0 Å². The molecule has 0 bridgehead atoms. The highest BCUT2D eigenvalue weighted by atomic mass is 32.2. The lowest BCUT2D eigenvalue weighted by Gasteiger charge is -2.45. The van der Waals surface area contributed by atoms with E-state index in [0.717, 1.165) is 17.1 Å². The number of halogens is 3. The number of likely N-dealkylation sites (tertiary alicyclic amines) is 1. The first kappa shape index (κ1) is 24.2. The Morgan fingerprint density at radius 1 is 1.20 bits per heavy atom. The Labute approximate surface area is 204 Å². The monoisotopic (exact) mass is 527 g/mol. The molecule has 2 aliphatic rings. The van der Waals surface area contributed by atoms with Crippen molar-refractivity contribution >= 4 is 21.4 Å². The van der Waals surface area contributed by atoms with Crippen LogP contribution in [0.15, 0.2) is 41.7 Å². The molecule has 35 heavy (non-hydrogen) atoms. The van der Waals surface area contributed by atoms with Crippen LogP contribution in [0.3, 0.4) is 0 Å². The summed E-state index contributed by atoms with van der Waals surface area (Å²) in [7, 11) is -1.92. The normalized spacial score (nSPS) is 23.6. The molecular weight excluding hydrogens is 503 g/mol. The summed E-state index contributed by atoms with van der Waals surface area (Å²) in [6.07, 6.45) is -0.685. The van der Waals surface area contributed by atoms with E-state index in [0.29, 0.717) is 29.5 Å². The average molecular weight is 528 g/mol. The van der Waals surface area contributed by atoms with E-state index in [1.54, 1.807) is 30.1 Å². The number of ether oxygens (including phenoxy) is 1. The minimum atomic E-state index is -4.26. The number of piperidine rings is 1. The summed E-state index contributed by atoms with van der Waals surface area (Å²) in [6, 6.07) is 5.82. The minimum absolute atomic E-state index is 0.00777. The zero-order chi connectivity index (χ0) is 24.8. The molecule has 4 heterocycles. The number of aromatic nitrogens is 4. The summed E-state index contributed by atoms with van der Waals surface area (Å²) in [5.41, 5.74) is 1.38. The van der Waals surface area contributed by atoms with E-state index in [4.69, 9.17) is 4.74 Å². The van der Waals surface area contributed by atoms with Crippen LogP contribution >= 0.6 is 11.5 Å². The summed E-state index contributed by atoms with van der Waals surface area (Å²) in [6.45, 7) is 0.596. The molecule has 0 aliphatic carbocycles. The summed E-state index contributed by atoms with van der Waals surface area (Å²) in [5.74, 6) is -1.21. The predicted octanol–water partition coefficient (Wildman–Crippen LogP) is 4.08. The molecule has 2 aromatic heterocycles. The quantitative estimate of drug-likeness (QED) is 0.494. The van der Waals surface area contributed by atoms with Crippen LogP contribution in [0.4, 0.5) is 13.2 Å². The van der Waals surface area contributed by atoms with E-state index in [1.165, 1.54) is 18.5 Å². The van der Waals surface area contributed by atoms with Gasteiger partial charge in [-0.15, -0.1) is 0 Å². The number of alkyl halides is 3. The topological polar surface area (TPSA) is 90.2 Å². The number of nitrogens with zero attached hydrogens (tertiary/aromatic N) is 5. The fourth-order valence-corrected chi connectivity index (χ4v) is 7.06. The van der Waals surface area contributed by atoms with Crippen LogP contribution in [-0.2, 0) is 22.6 Å². The average Bonchev–Trinajstić information content (AvgIpc) is 3.48. The number of aryl methyl sites for hydroxylation is 1. The summed E-state index contributed by atoms with van der Waals surface area (Å²) < 4.78 is 77.9. The standard InChI is InChI=1S/C22H24F3N5O3S2/c1-29-7-5-17(28-29)19-10-14(22(23,24)25)4-8-30(19)18-6-9-33-20-11-15(2-3-16(18)20)35(31,32)12-21-26-13-27-34-21/h2-3,5,7,11,13-14,18-19H,4,6,8-10,12H2,1H3/t14-,18+,19+/m1/s1. The lowest BCUT2D eigenvalue weighted by molar-refractivity contribution is -0.192. The van der Waals surface area contributed by atoms with Crippen LogP contribution in [0.25, 0.3) is 0 Å². The van der Waals surface area contributed by atoms with Crippen LogP contribution in [0.1, 0.15) is 47.6 Å². The Morgan fingerprint density at radius 3 is 2.71 bits per heavy atom. The van der Waals surface area contributed by atoms with Crippen LogP contribution in [0, 0.1) is 5.92 Å². The highest BCUT2D eigenvalue weighted by molar-refractivity contribution is 7.90. The van der Waals surface area contributed by atoms with Gasteiger partial charge in [-0.3, -0.25) is 9.58 Å². The predicted molar refractivity (Wildman–Crippen MR) is 122 cm³/mol. The van der Waals surface area contributed by atoms with Crippen molar-refractivity contribution in [2.24, 2.45) is 13.0 Å². The van der Waals surface area contributed by atoms with Crippen molar-refractivity contribution in [2.45, 2.75) is 48.2 Å². The molecule has 0 amide bonds. The molecule has 0 saturated carbocycles. The van der Waals surface area contributed by atoms with Crippen molar-refractivity contribution < 1.29 is 26.3 Å². The fraction of sp³-hybridized carbons (Fsp3) is 0.500. The largest absolute Gasteiger partial charge is 0.493 e. The Kier molecular flexibility index (Phi) is 6.34. The first-order valence-electron chi connectivity index (χ1n) is 11.2. The van der Waals surface area contributed by atoms with E-state index in [-0.39, 0.29) is 36.1 Å². The molecule has 5 rings (SSSR count).